The molecule has 6 heteroatoms. The topological polar surface area (TPSA) is 41.5 Å². The number of halogens is 3. The van der Waals surface area contributed by atoms with E-state index in [1.165, 1.54) is 31.4 Å². The van der Waals surface area contributed by atoms with Gasteiger partial charge in [0, 0.05) is 5.69 Å². The first-order chi connectivity index (χ1) is 7.47. The van der Waals surface area contributed by atoms with E-state index in [0.717, 1.165) is 0 Å². The number of aliphatic hydroxyl groups is 1. The predicted molar refractivity (Wildman–Crippen MR) is 53.5 cm³/mol. The second-order valence-corrected chi connectivity index (χ2v) is 3.15. The lowest BCUT2D eigenvalue weighted by Crippen LogP contribution is -2.39. The first-order valence-corrected chi connectivity index (χ1v) is 4.55. The van der Waals surface area contributed by atoms with Gasteiger partial charge >= 0.3 is 6.18 Å². The van der Waals surface area contributed by atoms with Crippen molar-refractivity contribution in [2.24, 2.45) is 0 Å². The smallest absolute Gasteiger partial charge is 0.410 e. The van der Waals surface area contributed by atoms with Gasteiger partial charge in [-0.1, -0.05) is 0 Å². The Kier molecular flexibility index (Phi) is 4.00. The van der Waals surface area contributed by atoms with Crippen LogP contribution in [0.4, 0.5) is 18.9 Å². The lowest BCUT2D eigenvalue weighted by Gasteiger charge is -2.20. The number of anilines is 1. The molecule has 1 aromatic carbocycles. The maximum Gasteiger partial charge on any atom is 0.410 e. The first-order valence-electron chi connectivity index (χ1n) is 4.55. The normalized spacial score (nSPS) is 13.3. The molecule has 0 bridgehead atoms. The number of nitrogens with one attached hydrogen (secondary N) is 1. The van der Waals surface area contributed by atoms with E-state index in [9.17, 15) is 13.2 Å². The van der Waals surface area contributed by atoms with Crippen molar-refractivity contribution in [1.29, 1.82) is 0 Å². The fraction of sp³-hybridized carbons (Fsp3) is 0.400. The summed E-state index contributed by atoms with van der Waals surface area (Å²) in [6, 6.07) is 4.02. The Morgan fingerprint density at radius 1 is 1.31 bits per heavy atom. The van der Waals surface area contributed by atoms with Gasteiger partial charge in [0.05, 0.1) is 13.7 Å². The number of benzene rings is 1. The minimum Gasteiger partial charge on any atom is -0.497 e. The number of methoxy groups -OCH3 is 1. The van der Waals surface area contributed by atoms with E-state index in [4.69, 9.17) is 9.84 Å². The Morgan fingerprint density at radius 3 is 2.25 bits per heavy atom. The molecule has 16 heavy (non-hydrogen) atoms. The Hall–Kier alpha value is -1.43. The molecular formula is C10H12F3NO2. The Bertz CT molecular complexity index is 324. The molecule has 2 N–H and O–H groups in total. The highest BCUT2D eigenvalue weighted by molar-refractivity contribution is 5.47. The zero-order valence-electron chi connectivity index (χ0n) is 8.58. The summed E-state index contributed by atoms with van der Waals surface area (Å²) in [5.41, 5.74) is 0.275. The van der Waals surface area contributed by atoms with Crippen molar-refractivity contribution in [2.75, 3.05) is 19.0 Å². The molecule has 0 spiro atoms. The van der Waals surface area contributed by atoms with Crippen molar-refractivity contribution >= 4 is 5.69 Å². The molecule has 0 aliphatic rings. The Labute approximate surface area is 90.8 Å². The Balaban J connectivity index is 2.71. The molecular weight excluding hydrogens is 223 g/mol. The minimum atomic E-state index is -4.48. The summed E-state index contributed by atoms with van der Waals surface area (Å²) in [5.74, 6) is 0.554. The highest BCUT2D eigenvalue weighted by Gasteiger charge is 2.39. The summed E-state index contributed by atoms with van der Waals surface area (Å²) in [7, 11) is 1.47. The SMILES string of the molecule is COc1ccc(NC(CO)C(F)(F)F)cc1. The van der Waals surface area contributed by atoms with Crippen LogP contribution in [0.3, 0.4) is 0 Å². The quantitative estimate of drug-likeness (QED) is 0.839. The molecule has 0 saturated heterocycles. The van der Waals surface area contributed by atoms with Gasteiger partial charge < -0.3 is 15.2 Å². The summed E-state index contributed by atoms with van der Waals surface area (Å²) in [5, 5.41) is 10.8. The van der Waals surface area contributed by atoms with Crippen LogP contribution >= 0.6 is 0 Å². The summed E-state index contributed by atoms with van der Waals surface area (Å²) >= 11 is 0. The van der Waals surface area contributed by atoms with Crippen molar-refractivity contribution in [3.63, 3.8) is 0 Å². The predicted octanol–water partition coefficient (Wildman–Crippen LogP) is 2.03. The van der Waals surface area contributed by atoms with Gasteiger partial charge in [-0.15, -0.1) is 0 Å². The zero-order chi connectivity index (χ0) is 12.2. The van der Waals surface area contributed by atoms with Crippen LogP contribution < -0.4 is 10.1 Å². The largest absolute Gasteiger partial charge is 0.497 e. The molecule has 0 aliphatic heterocycles. The van der Waals surface area contributed by atoms with Crippen LogP contribution in [0.5, 0.6) is 5.75 Å². The number of hydrogen-bond acceptors (Lipinski definition) is 3. The van der Waals surface area contributed by atoms with Crippen LogP contribution in [0.25, 0.3) is 0 Å². The molecule has 0 heterocycles. The van der Waals surface area contributed by atoms with Crippen LogP contribution in [0.1, 0.15) is 0 Å². The lowest BCUT2D eigenvalue weighted by atomic mass is 10.2. The number of rotatable bonds is 4. The summed E-state index contributed by atoms with van der Waals surface area (Å²) < 4.78 is 41.8. The van der Waals surface area contributed by atoms with Crippen LogP contribution in [-0.4, -0.2) is 31.0 Å². The highest BCUT2D eigenvalue weighted by atomic mass is 19.4. The summed E-state index contributed by atoms with van der Waals surface area (Å²) in [4.78, 5) is 0. The second kappa shape index (κ2) is 5.07. The van der Waals surface area contributed by atoms with Crippen LogP contribution in [-0.2, 0) is 0 Å². The average Bonchev–Trinajstić information content (AvgIpc) is 2.25. The number of alkyl halides is 3. The van der Waals surface area contributed by atoms with Crippen molar-refractivity contribution < 1.29 is 23.0 Å². The summed E-state index contributed by atoms with van der Waals surface area (Å²) in [6.07, 6.45) is -4.48. The number of aliphatic hydroxyl groups excluding tert-OH is 1. The minimum absolute atomic E-state index is 0.275. The van der Waals surface area contributed by atoms with Crippen molar-refractivity contribution in [3.8, 4) is 5.75 Å². The first kappa shape index (κ1) is 12.6. The van der Waals surface area contributed by atoms with Crippen molar-refractivity contribution in [2.45, 2.75) is 12.2 Å². The molecule has 1 aromatic rings. The zero-order valence-corrected chi connectivity index (χ0v) is 8.58. The van der Waals surface area contributed by atoms with E-state index in [2.05, 4.69) is 5.32 Å². The van der Waals surface area contributed by atoms with E-state index in [0.29, 0.717) is 5.75 Å². The molecule has 1 atom stereocenters. The fourth-order valence-electron chi connectivity index (χ4n) is 1.12. The number of ether oxygens (including phenoxy) is 1. The molecule has 0 aliphatic carbocycles. The molecule has 0 radical (unpaired) electrons. The van der Waals surface area contributed by atoms with Gasteiger partial charge in [-0.2, -0.15) is 13.2 Å². The van der Waals surface area contributed by atoms with Crippen molar-refractivity contribution in [3.05, 3.63) is 24.3 Å². The van der Waals surface area contributed by atoms with Gasteiger partial charge in [-0.25, -0.2) is 0 Å². The molecule has 1 unspecified atom stereocenters. The average molecular weight is 235 g/mol. The van der Waals surface area contributed by atoms with E-state index >= 15 is 0 Å². The van der Waals surface area contributed by atoms with Crippen LogP contribution in [0.2, 0.25) is 0 Å². The van der Waals surface area contributed by atoms with Gasteiger partial charge in [-0.3, -0.25) is 0 Å². The summed E-state index contributed by atoms with van der Waals surface area (Å²) in [6.45, 7) is -1.00. The highest BCUT2D eigenvalue weighted by Crippen LogP contribution is 2.24. The molecule has 3 nitrogen and oxygen atoms in total. The molecule has 0 fully saturated rings. The lowest BCUT2D eigenvalue weighted by molar-refractivity contribution is -0.149. The third-order valence-corrected chi connectivity index (χ3v) is 2.01. The van der Waals surface area contributed by atoms with Gasteiger partial charge in [0.2, 0.25) is 0 Å². The monoisotopic (exact) mass is 235 g/mol. The molecule has 0 saturated carbocycles. The third-order valence-electron chi connectivity index (χ3n) is 2.01. The van der Waals surface area contributed by atoms with E-state index in [-0.39, 0.29) is 5.69 Å². The van der Waals surface area contributed by atoms with Crippen molar-refractivity contribution in [1.82, 2.24) is 0 Å². The molecule has 0 amide bonds. The van der Waals surface area contributed by atoms with Crippen LogP contribution in [0.15, 0.2) is 24.3 Å². The van der Waals surface area contributed by atoms with Gasteiger partial charge in [0.1, 0.15) is 11.8 Å². The van der Waals surface area contributed by atoms with E-state index < -0.39 is 18.8 Å². The van der Waals surface area contributed by atoms with E-state index in [1.54, 1.807) is 0 Å². The molecule has 1 rings (SSSR count). The van der Waals surface area contributed by atoms with Gasteiger partial charge in [0.25, 0.3) is 0 Å². The molecule has 90 valence electrons. The third kappa shape index (κ3) is 3.30. The molecule has 0 aromatic heterocycles. The van der Waals surface area contributed by atoms with Gasteiger partial charge in [-0.05, 0) is 24.3 Å². The standard InChI is InChI=1S/C10H12F3NO2/c1-16-8-4-2-7(3-5-8)14-9(6-15)10(11,12)13/h2-5,9,14-15H,6H2,1H3. The maximum absolute atomic E-state index is 12.3. The van der Waals surface area contributed by atoms with E-state index in [1.807, 2.05) is 0 Å². The number of hydrogen-bond donors (Lipinski definition) is 2. The fourth-order valence-corrected chi connectivity index (χ4v) is 1.12. The Morgan fingerprint density at radius 2 is 1.88 bits per heavy atom. The van der Waals surface area contributed by atoms with Crippen LogP contribution in [0, 0.1) is 0 Å². The second-order valence-electron chi connectivity index (χ2n) is 3.15. The maximum atomic E-state index is 12.3. The van der Waals surface area contributed by atoms with Gasteiger partial charge in [0.15, 0.2) is 0 Å².